The van der Waals surface area contributed by atoms with Gasteiger partial charge in [-0.25, -0.2) is 0 Å². The molecule has 1 aromatic carbocycles. The molecule has 0 spiro atoms. The molecule has 0 atom stereocenters. The number of carbonyl (C=O) groups excluding carboxylic acids is 2. The summed E-state index contributed by atoms with van der Waals surface area (Å²) in [7, 11) is 1.57. The summed E-state index contributed by atoms with van der Waals surface area (Å²) in [5, 5.41) is 3.93. The lowest BCUT2D eigenvalue weighted by Crippen LogP contribution is -2.50. The first-order valence-electron chi connectivity index (χ1n) is 8.69. The molecule has 7 heteroatoms. The fourth-order valence-electron chi connectivity index (χ4n) is 2.87. The first-order valence-corrected chi connectivity index (χ1v) is 8.69. The van der Waals surface area contributed by atoms with Crippen molar-refractivity contribution in [2.75, 3.05) is 33.3 Å². The molecule has 3 rings (SSSR count). The molecular formula is C19H23N3O4. The highest BCUT2D eigenvalue weighted by Gasteiger charge is 2.27. The van der Waals surface area contributed by atoms with Crippen LogP contribution in [0.1, 0.15) is 46.4 Å². The van der Waals surface area contributed by atoms with Crippen LogP contribution >= 0.6 is 0 Å². The van der Waals surface area contributed by atoms with Crippen molar-refractivity contribution < 1.29 is 18.8 Å². The zero-order valence-electron chi connectivity index (χ0n) is 15.3. The van der Waals surface area contributed by atoms with E-state index >= 15 is 0 Å². The predicted molar refractivity (Wildman–Crippen MR) is 95.4 cm³/mol. The third-order valence-corrected chi connectivity index (χ3v) is 4.50. The fourth-order valence-corrected chi connectivity index (χ4v) is 2.87. The van der Waals surface area contributed by atoms with Crippen LogP contribution in [-0.2, 0) is 0 Å². The highest BCUT2D eigenvalue weighted by atomic mass is 16.5. The Morgan fingerprint density at radius 2 is 1.73 bits per heavy atom. The van der Waals surface area contributed by atoms with E-state index in [9.17, 15) is 9.59 Å². The molecule has 2 amide bonds. The largest absolute Gasteiger partial charge is 0.497 e. The highest BCUT2D eigenvalue weighted by molar-refractivity contribution is 5.95. The summed E-state index contributed by atoms with van der Waals surface area (Å²) in [4.78, 5) is 28.6. The van der Waals surface area contributed by atoms with E-state index in [0.717, 1.165) is 5.69 Å². The van der Waals surface area contributed by atoms with Crippen molar-refractivity contribution in [2.45, 2.75) is 19.8 Å². The second-order valence-corrected chi connectivity index (χ2v) is 6.59. The van der Waals surface area contributed by atoms with E-state index in [1.54, 1.807) is 47.2 Å². The monoisotopic (exact) mass is 357 g/mol. The van der Waals surface area contributed by atoms with E-state index in [4.69, 9.17) is 9.26 Å². The Bertz CT molecular complexity index is 792. The van der Waals surface area contributed by atoms with E-state index in [0.29, 0.717) is 37.5 Å². The van der Waals surface area contributed by atoms with E-state index in [1.165, 1.54) is 0 Å². The van der Waals surface area contributed by atoms with E-state index in [1.807, 2.05) is 13.8 Å². The van der Waals surface area contributed by atoms with Crippen LogP contribution in [0.5, 0.6) is 5.75 Å². The number of nitrogens with zero attached hydrogens (tertiary/aromatic N) is 3. The van der Waals surface area contributed by atoms with Crippen molar-refractivity contribution in [3.8, 4) is 5.75 Å². The summed E-state index contributed by atoms with van der Waals surface area (Å²) in [6, 6.07) is 8.78. The number of rotatable bonds is 4. The molecule has 0 aliphatic carbocycles. The lowest BCUT2D eigenvalue weighted by molar-refractivity contribution is 0.0512. The number of piperazine rings is 1. The molecule has 138 valence electrons. The second-order valence-electron chi connectivity index (χ2n) is 6.59. The predicted octanol–water partition coefficient (Wildman–Crippen LogP) is 2.40. The quantitative estimate of drug-likeness (QED) is 0.840. The molecule has 1 aliphatic heterocycles. The maximum atomic E-state index is 12.6. The topological polar surface area (TPSA) is 75.9 Å². The van der Waals surface area contributed by atoms with Gasteiger partial charge in [-0.05, 0) is 24.1 Å². The van der Waals surface area contributed by atoms with Crippen LogP contribution in [0.25, 0.3) is 0 Å². The average Bonchev–Trinajstić information content (AvgIpc) is 3.17. The molecular weight excluding hydrogens is 334 g/mol. The van der Waals surface area contributed by atoms with Crippen LogP contribution in [0.3, 0.4) is 0 Å². The zero-order chi connectivity index (χ0) is 18.7. The fraction of sp³-hybridized carbons (Fsp3) is 0.421. The first kappa shape index (κ1) is 18.0. The Hall–Kier alpha value is -2.83. The Morgan fingerprint density at radius 1 is 1.08 bits per heavy atom. The van der Waals surface area contributed by atoms with Crippen molar-refractivity contribution >= 4 is 11.8 Å². The minimum absolute atomic E-state index is 0.0576. The van der Waals surface area contributed by atoms with Gasteiger partial charge in [0.15, 0.2) is 0 Å². The smallest absolute Gasteiger partial charge is 0.292 e. The molecule has 26 heavy (non-hydrogen) atoms. The summed E-state index contributed by atoms with van der Waals surface area (Å²) < 4.78 is 10.3. The number of benzene rings is 1. The third-order valence-electron chi connectivity index (χ3n) is 4.50. The van der Waals surface area contributed by atoms with Gasteiger partial charge in [0.1, 0.15) is 5.75 Å². The average molecular weight is 357 g/mol. The molecule has 1 aliphatic rings. The molecule has 0 bridgehead atoms. The highest BCUT2D eigenvalue weighted by Crippen LogP contribution is 2.18. The van der Waals surface area contributed by atoms with Crippen LogP contribution in [-0.4, -0.2) is 60.1 Å². The van der Waals surface area contributed by atoms with Gasteiger partial charge in [-0.1, -0.05) is 25.1 Å². The van der Waals surface area contributed by atoms with Gasteiger partial charge >= 0.3 is 0 Å². The van der Waals surface area contributed by atoms with Crippen molar-refractivity contribution in [1.29, 1.82) is 0 Å². The number of ether oxygens (including phenoxy) is 1. The number of amides is 2. The minimum atomic E-state index is -0.183. The number of methoxy groups -OCH3 is 1. The molecule has 1 aromatic heterocycles. The minimum Gasteiger partial charge on any atom is -0.497 e. The maximum absolute atomic E-state index is 12.6. The molecule has 1 fully saturated rings. The van der Waals surface area contributed by atoms with Crippen molar-refractivity contribution in [1.82, 2.24) is 15.0 Å². The van der Waals surface area contributed by atoms with E-state index in [-0.39, 0.29) is 23.5 Å². The molecule has 2 heterocycles. The molecule has 2 aromatic rings. The van der Waals surface area contributed by atoms with Gasteiger partial charge in [-0.15, -0.1) is 0 Å². The molecule has 1 saturated heterocycles. The van der Waals surface area contributed by atoms with Gasteiger partial charge in [-0.3, -0.25) is 9.59 Å². The summed E-state index contributed by atoms with van der Waals surface area (Å²) in [6.07, 6.45) is 0. The molecule has 0 unspecified atom stereocenters. The summed E-state index contributed by atoms with van der Waals surface area (Å²) in [5.74, 6) is 0.866. The normalized spacial score (nSPS) is 14.6. The number of hydrogen-bond acceptors (Lipinski definition) is 5. The first-order chi connectivity index (χ1) is 12.5. The van der Waals surface area contributed by atoms with Gasteiger partial charge in [0.05, 0.1) is 12.8 Å². The summed E-state index contributed by atoms with van der Waals surface area (Å²) >= 11 is 0. The van der Waals surface area contributed by atoms with Gasteiger partial charge in [0.2, 0.25) is 5.76 Å². The maximum Gasteiger partial charge on any atom is 0.292 e. The Balaban J connectivity index is 1.61. The molecule has 0 N–H and O–H groups in total. The van der Waals surface area contributed by atoms with Crippen LogP contribution in [0, 0.1) is 0 Å². The van der Waals surface area contributed by atoms with Gasteiger partial charge < -0.3 is 19.1 Å². The van der Waals surface area contributed by atoms with E-state index < -0.39 is 0 Å². The van der Waals surface area contributed by atoms with Gasteiger partial charge in [0.25, 0.3) is 11.8 Å². The van der Waals surface area contributed by atoms with Crippen LogP contribution in [0.2, 0.25) is 0 Å². The number of hydrogen-bond donors (Lipinski definition) is 0. The van der Waals surface area contributed by atoms with Crippen LogP contribution in [0.15, 0.2) is 34.9 Å². The van der Waals surface area contributed by atoms with Gasteiger partial charge in [-0.2, -0.15) is 0 Å². The molecule has 0 saturated carbocycles. The van der Waals surface area contributed by atoms with Crippen molar-refractivity contribution in [3.63, 3.8) is 0 Å². The summed E-state index contributed by atoms with van der Waals surface area (Å²) in [6.45, 7) is 5.88. The van der Waals surface area contributed by atoms with Crippen LogP contribution in [0.4, 0.5) is 0 Å². The lowest BCUT2D eigenvalue weighted by atomic mass is 10.1. The lowest BCUT2D eigenvalue weighted by Gasteiger charge is -2.34. The third kappa shape index (κ3) is 3.71. The Labute approximate surface area is 152 Å². The van der Waals surface area contributed by atoms with Crippen LogP contribution < -0.4 is 4.74 Å². The van der Waals surface area contributed by atoms with Gasteiger partial charge in [0, 0.05) is 37.8 Å². The molecule has 0 radical (unpaired) electrons. The Kier molecular flexibility index (Phi) is 5.25. The van der Waals surface area contributed by atoms with E-state index in [2.05, 4.69) is 5.16 Å². The molecule has 7 nitrogen and oxygen atoms in total. The standard InChI is InChI=1S/C19H23N3O4/c1-13(2)16-12-17(26-20-16)19(24)22-9-7-21(8-10-22)18(23)14-5-4-6-15(11-14)25-3/h4-6,11-13H,7-10H2,1-3H3. The number of aromatic nitrogens is 1. The number of carbonyl (C=O) groups is 2. The summed E-state index contributed by atoms with van der Waals surface area (Å²) in [5.41, 5.74) is 1.35. The second kappa shape index (κ2) is 7.59. The Morgan fingerprint density at radius 3 is 2.31 bits per heavy atom. The van der Waals surface area contributed by atoms with Crippen molar-refractivity contribution in [3.05, 3.63) is 47.3 Å². The van der Waals surface area contributed by atoms with Crippen molar-refractivity contribution in [2.24, 2.45) is 0 Å². The zero-order valence-corrected chi connectivity index (χ0v) is 15.3. The SMILES string of the molecule is COc1cccc(C(=O)N2CCN(C(=O)c3cc(C(C)C)no3)CC2)c1.